The Balaban J connectivity index is 2.37. The second-order valence-electron chi connectivity index (χ2n) is 5.56. The summed E-state index contributed by atoms with van der Waals surface area (Å²) >= 11 is 0. The fraction of sp³-hybridized carbons (Fsp3) is 0.538. The molecule has 0 atom stereocenters. The number of aldehydes is 1. The maximum Gasteiger partial charge on any atom is 0.497 e. The second-order valence-corrected chi connectivity index (χ2v) is 5.56. The summed E-state index contributed by atoms with van der Waals surface area (Å²) in [6.07, 6.45) is 2.31. The molecule has 0 spiro atoms. The Morgan fingerprint density at radius 2 is 1.84 bits per heavy atom. The molecule has 1 aromatic rings. The van der Waals surface area contributed by atoms with Crippen LogP contribution in [0.5, 0.6) is 5.88 Å². The van der Waals surface area contributed by atoms with Crippen molar-refractivity contribution in [2.75, 3.05) is 7.11 Å². The SMILES string of the molecule is COc1cc(C=O)c(B2OC(C)(C)C(C)(C)O2)cn1. The van der Waals surface area contributed by atoms with E-state index in [9.17, 15) is 4.79 Å². The van der Waals surface area contributed by atoms with Crippen LogP contribution < -0.4 is 10.2 Å². The predicted molar refractivity (Wildman–Crippen MR) is 71.9 cm³/mol. The van der Waals surface area contributed by atoms with E-state index < -0.39 is 18.3 Å². The van der Waals surface area contributed by atoms with E-state index in [1.54, 1.807) is 12.3 Å². The first-order valence-electron chi connectivity index (χ1n) is 6.15. The first-order chi connectivity index (χ1) is 8.80. The number of hydrogen-bond donors (Lipinski definition) is 0. The third-order valence-electron chi connectivity index (χ3n) is 3.79. The molecule has 0 bridgehead atoms. The molecule has 0 unspecified atom stereocenters. The van der Waals surface area contributed by atoms with Gasteiger partial charge in [-0.05, 0) is 27.7 Å². The highest BCUT2D eigenvalue weighted by Gasteiger charge is 2.52. The number of aromatic nitrogens is 1. The minimum absolute atomic E-state index is 0.391. The Morgan fingerprint density at radius 1 is 1.26 bits per heavy atom. The lowest BCUT2D eigenvalue weighted by Gasteiger charge is -2.32. The zero-order valence-corrected chi connectivity index (χ0v) is 11.9. The molecule has 1 saturated heterocycles. The van der Waals surface area contributed by atoms with Gasteiger partial charge in [-0.3, -0.25) is 4.79 Å². The minimum Gasteiger partial charge on any atom is -0.481 e. The molecule has 2 rings (SSSR count). The summed E-state index contributed by atoms with van der Waals surface area (Å²) in [6, 6.07) is 1.58. The summed E-state index contributed by atoms with van der Waals surface area (Å²) in [4.78, 5) is 15.3. The van der Waals surface area contributed by atoms with E-state index >= 15 is 0 Å². The quantitative estimate of drug-likeness (QED) is 0.605. The summed E-state index contributed by atoms with van der Waals surface area (Å²) in [6.45, 7) is 7.85. The van der Waals surface area contributed by atoms with E-state index in [2.05, 4.69) is 4.98 Å². The lowest BCUT2D eigenvalue weighted by Crippen LogP contribution is -2.41. The minimum atomic E-state index is -0.594. The molecule has 1 aromatic heterocycles. The number of hydrogen-bond acceptors (Lipinski definition) is 5. The van der Waals surface area contributed by atoms with Crippen LogP contribution in [0.25, 0.3) is 0 Å². The van der Waals surface area contributed by atoms with Crippen LogP contribution >= 0.6 is 0 Å². The van der Waals surface area contributed by atoms with Gasteiger partial charge in [-0.25, -0.2) is 4.98 Å². The fourth-order valence-corrected chi connectivity index (χ4v) is 1.84. The van der Waals surface area contributed by atoms with Gasteiger partial charge in [0.25, 0.3) is 0 Å². The van der Waals surface area contributed by atoms with Crippen molar-refractivity contribution in [3.05, 3.63) is 17.8 Å². The Hall–Kier alpha value is -1.40. The van der Waals surface area contributed by atoms with Crippen LogP contribution in [0.15, 0.2) is 12.3 Å². The number of ether oxygens (including phenoxy) is 1. The zero-order chi connectivity index (χ0) is 14.3. The molecule has 0 aromatic carbocycles. The normalized spacial score (nSPS) is 20.4. The molecular formula is C13H18BNO4. The molecule has 0 N–H and O–H groups in total. The lowest BCUT2D eigenvalue weighted by atomic mass is 9.77. The molecule has 102 valence electrons. The summed E-state index contributed by atoms with van der Waals surface area (Å²) in [5, 5.41) is 0. The van der Waals surface area contributed by atoms with Crippen molar-refractivity contribution in [1.29, 1.82) is 0 Å². The molecule has 19 heavy (non-hydrogen) atoms. The standard InChI is InChI=1S/C13H18BNO4/c1-12(2)13(3,4)19-14(18-12)10-7-15-11(17-5)6-9(10)8-16/h6-8H,1-5H3. The van der Waals surface area contributed by atoms with Gasteiger partial charge < -0.3 is 14.0 Å². The van der Waals surface area contributed by atoms with Crippen LogP contribution in [0.1, 0.15) is 38.1 Å². The molecule has 0 amide bonds. The van der Waals surface area contributed by atoms with Crippen molar-refractivity contribution in [2.45, 2.75) is 38.9 Å². The average Bonchev–Trinajstić information content (AvgIpc) is 2.57. The van der Waals surface area contributed by atoms with Gasteiger partial charge in [0.2, 0.25) is 5.88 Å². The first kappa shape index (κ1) is 14.0. The zero-order valence-electron chi connectivity index (χ0n) is 11.9. The Bertz CT molecular complexity index is 485. The molecule has 5 nitrogen and oxygen atoms in total. The maximum absolute atomic E-state index is 11.2. The molecule has 6 heteroatoms. The Labute approximate surface area is 113 Å². The number of pyridine rings is 1. The first-order valence-corrected chi connectivity index (χ1v) is 6.15. The van der Waals surface area contributed by atoms with Crippen molar-refractivity contribution >= 4 is 18.9 Å². The molecule has 0 saturated carbocycles. The molecular weight excluding hydrogens is 245 g/mol. The second kappa shape index (κ2) is 4.61. The van der Waals surface area contributed by atoms with Gasteiger partial charge in [-0.15, -0.1) is 0 Å². The van der Waals surface area contributed by atoms with Gasteiger partial charge in [0.1, 0.15) is 6.29 Å². The van der Waals surface area contributed by atoms with Crippen LogP contribution in [0.4, 0.5) is 0 Å². The molecule has 1 aliphatic heterocycles. The topological polar surface area (TPSA) is 57.7 Å². The molecule has 2 heterocycles. The van der Waals surface area contributed by atoms with Crippen LogP contribution in [-0.2, 0) is 9.31 Å². The summed E-state index contributed by atoms with van der Waals surface area (Å²) < 4.78 is 16.8. The van der Waals surface area contributed by atoms with Crippen LogP contribution in [0.2, 0.25) is 0 Å². The fourth-order valence-electron chi connectivity index (χ4n) is 1.84. The van der Waals surface area contributed by atoms with E-state index in [-0.39, 0.29) is 0 Å². The third kappa shape index (κ3) is 2.38. The third-order valence-corrected chi connectivity index (χ3v) is 3.79. The van der Waals surface area contributed by atoms with Crippen LogP contribution in [0.3, 0.4) is 0 Å². The maximum atomic E-state index is 11.2. The lowest BCUT2D eigenvalue weighted by molar-refractivity contribution is 0.00578. The monoisotopic (exact) mass is 263 g/mol. The molecule has 1 aliphatic rings. The van der Waals surface area contributed by atoms with Crippen molar-refractivity contribution in [3.8, 4) is 5.88 Å². The Morgan fingerprint density at radius 3 is 2.32 bits per heavy atom. The van der Waals surface area contributed by atoms with Gasteiger partial charge in [0.05, 0.1) is 18.3 Å². The van der Waals surface area contributed by atoms with E-state index in [1.165, 1.54) is 7.11 Å². The highest BCUT2D eigenvalue weighted by atomic mass is 16.7. The highest BCUT2D eigenvalue weighted by Crippen LogP contribution is 2.36. The van der Waals surface area contributed by atoms with E-state index in [0.29, 0.717) is 16.9 Å². The number of rotatable bonds is 3. The van der Waals surface area contributed by atoms with Gasteiger partial charge >= 0.3 is 7.12 Å². The van der Waals surface area contributed by atoms with Gasteiger partial charge in [-0.1, -0.05) is 0 Å². The Kier molecular flexibility index (Phi) is 3.41. The number of nitrogens with zero attached hydrogens (tertiary/aromatic N) is 1. The number of carbonyl (C=O) groups is 1. The molecule has 0 aliphatic carbocycles. The smallest absolute Gasteiger partial charge is 0.481 e. The average molecular weight is 263 g/mol. The van der Waals surface area contributed by atoms with Crippen LogP contribution in [-0.4, -0.2) is 36.7 Å². The van der Waals surface area contributed by atoms with Crippen LogP contribution in [0, 0.1) is 0 Å². The summed E-state index contributed by atoms with van der Waals surface area (Å²) in [7, 11) is 0.911. The van der Waals surface area contributed by atoms with E-state index in [4.69, 9.17) is 14.0 Å². The highest BCUT2D eigenvalue weighted by molar-refractivity contribution is 6.63. The van der Waals surface area contributed by atoms with Crippen molar-refractivity contribution in [1.82, 2.24) is 4.98 Å². The van der Waals surface area contributed by atoms with Gasteiger partial charge in [0, 0.05) is 23.3 Å². The number of methoxy groups -OCH3 is 1. The van der Waals surface area contributed by atoms with Crippen molar-refractivity contribution in [3.63, 3.8) is 0 Å². The molecule has 1 fully saturated rings. The number of carbonyl (C=O) groups excluding carboxylic acids is 1. The largest absolute Gasteiger partial charge is 0.497 e. The summed E-state index contributed by atoms with van der Waals surface area (Å²) in [5.74, 6) is 0.391. The van der Waals surface area contributed by atoms with Crippen molar-refractivity contribution < 1.29 is 18.8 Å². The van der Waals surface area contributed by atoms with E-state index in [0.717, 1.165) is 6.29 Å². The predicted octanol–water partition coefficient (Wildman–Crippen LogP) is 1.20. The van der Waals surface area contributed by atoms with E-state index in [1.807, 2.05) is 27.7 Å². The summed E-state index contributed by atoms with van der Waals surface area (Å²) in [5.41, 5.74) is 0.190. The molecule has 0 radical (unpaired) electrons. The van der Waals surface area contributed by atoms with Gasteiger partial charge in [-0.2, -0.15) is 0 Å². The van der Waals surface area contributed by atoms with Crippen molar-refractivity contribution in [2.24, 2.45) is 0 Å². The van der Waals surface area contributed by atoms with Gasteiger partial charge in [0.15, 0.2) is 0 Å².